The number of phenols is 1. The normalized spacial score (nSPS) is 11.7. The van der Waals surface area contributed by atoms with Crippen LogP contribution in [-0.4, -0.2) is 10.6 Å². The molecule has 0 saturated heterocycles. The van der Waals surface area contributed by atoms with Gasteiger partial charge in [0.15, 0.2) is 0 Å². The van der Waals surface area contributed by atoms with Crippen molar-refractivity contribution in [3.05, 3.63) is 28.8 Å². The van der Waals surface area contributed by atoms with Crippen molar-refractivity contribution in [1.29, 1.82) is 0 Å². The van der Waals surface area contributed by atoms with E-state index in [4.69, 9.17) is 17.3 Å². The first-order valence-electron chi connectivity index (χ1n) is 4.65. The zero-order valence-electron chi connectivity index (χ0n) is 8.55. The fourth-order valence-corrected chi connectivity index (χ4v) is 1.38. The molecule has 0 heterocycles. The van der Waals surface area contributed by atoms with E-state index in [-0.39, 0.29) is 11.3 Å². The number of benzene rings is 1. The van der Waals surface area contributed by atoms with Crippen LogP contribution < -0.4 is 5.73 Å². The Hall–Kier alpha value is -0.730. The van der Waals surface area contributed by atoms with Gasteiger partial charge in [0.05, 0.1) is 5.02 Å². The Morgan fingerprint density at radius 1 is 1.43 bits per heavy atom. The molecular formula is C11H16ClNO. The SMILES string of the molecule is CC(C)(N)CCc1ccc(O)c(Cl)c1. The van der Waals surface area contributed by atoms with E-state index in [1.54, 1.807) is 12.1 Å². The number of nitrogens with two attached hydrogens (primary N) is 1. The topological polar surface area (TPSA) is 46.2 Å². The third kappa shape index (κ3) is 3.56. The maximum atomic E-state index is 9.22. The van der Waals surface area contributed by atoms with Crippen molar-refractivity contribution in [2.45, 2.75) is 32.2 Å². The lowest BCUT2D eigenvalue weighted by Crippen LogP contribution is -2.32. The molecule has 1 aromatic carbocycles. The molecule has 78 valence electrons. The number of hydrogen-bond acceptors (Lipinski definition) is 2. The standard InChI is InChI=1S/C11H16ClNO/c1-11(2,13)6-5-8-3-4-10(14)9(12)7-8/h3-4,7,14H,5-6,13H2,1-2H3. The molecule has 3 N–H and O–H groups in total. The summed E-state index contributed by atoms with van der Waals surface area (Å²) in [6, 6.07) is 5.26. The summed E-state index contributed by atoms with van der Waals surface area (Å²) in [7, 11) is 0. The van der Waals surface area contributed by atoms with Gasteiger partial charge >= 0.3 is 0 Å². The van der Waals surface area contributed by atoms with Gasteiger partial charge in [0.25, 0.3) is 0 Å². The molecule has 0 aliphatic carbocycles. The molecule has 0 atom stereocenters. The van der Waals surface area contributed by atoms with Crippen molar-refractivity contribution in [2.24, 2.45) is 5.73 Å². The third-order valence-electron chi connectivity index (χ3n) is 2.07. The van der Waals surface area contributed by atoms with Crippen LogP contribution in [0, 0.1) is 0 Å². The monoisotopic (exact) mass is 213 g/mol. The molecule has 0 radical (unpaired) electrons. The van der Waals surface area contributed by atoms with E-state index in [2.05, 4.69) is 0 Å². The Labute approximate surface area is 89.7 Å². The van der Waals surface area contributed by atoms with E-state index >= 15 is 0 Å². The van der Waals surface area contributed by atoms with E-state index in [1.807, 2.05) is 19.9 Å². The quantitative estimate of drug-likeness (QED) is 0.811. The van der Waals surface area contributed by atoms with Crippen molar-refractivity contribution in [1.82, 2.24) is 0 Å². The average molecular weight is 214 g/mol. The van der Waals surface area contributed by atoms with Gasteiger partial charge in [-0.15, -0.1) is 0 Å². The van der Waals surface area contributed by atoms with Gasteiger partial charge in [-0.2, -0.15) is 0 Å². The second-order valence-corrected chi connectivity index (χ2v) is 4.68. The molecule has 0 unspecified atom stereocenters. The molecule has 0 saturated carbocycles. The minimum Gasteiger partial charge on any atom is -0.506 e. The second-order valence-electron chi connectivity index (χ2n) is 4.27. The molecule has 1 aromatic rings. The van der Waals surface area contributed by atoms with Gasteiger partial charge in [-0.1, -0.05) is 17.7 Å². The lowest BCUT2D eigenvalue weighted by Gasteiger charge is -2.18. The first-order valence-corrected chi connectivity index (χ1v) is 5.02. The summed E-state index contributed by atoms with van der Waals surface area (Å²) in [5, 5.41) is 9.62. The minimum absolute atomic E-state index is 0.127. The Kier molecular flexibility index (Phi) is 3.40. The van der Waals surface area contributed by atoms with Crippen LogP contribution in [0.2, 0.25) is 5.02 Å². The van der Waals surface area contributed by atoms with E-state index in [0.717, 1.165) is 18.4 Å². The molecule has 14 heavy (non-hydrogen) atoms. The van der Waals surface area contributed by atoms with Crippen LogP contribution in [0.3, 0.4) is 0 Å². The van der Waals surface area contributed by atoms with Gasteiger partial charge in [-0.3, -0.25) is 0 Å². The smallest absolute Gasteiger partial charge is 0.134 e. The van der Waals surface area contributed by atoms with Crippen molar-refractivity contribution in [3.63, 3.8) is 0 Å². The summed E-state index contributed by atoms with van der Waals surface area (Å²) in [6.45, 7) is 3.99. The first-order chi connectivity index (χ1) is 6.38. The summed E-state index contributed by atoms with van der Waals surface area (Å²) < 4.78 is 0. The molecular weight excluding hydrogens is 198 g/mol. The predicted octanol–water partition coefficient (Wildman–Crippen LogP) is 2.72. The molecule has 0 aliphatic rings. The summed E-state index contributed by atoms with van der Waals surface area (Å²) in [4.78, 5) is 0. The van der Waals surface area contributed by atoms with Gasteiger partial charge in [0, 0.05) is 5.54 Å². The number of rotatable bonds is 3. The van der Waals surface area contributed by atoms with Gasteiger partial charge < -0.3 is 10.8 Å². The van der Waals surface area contributed by atoms with Crippen molar-refractivity contribution >= 4 is 11.6 Å². The van der Waals surface area contributed by atoms with Crippen LogP contribution in [0.15, 0.2) is 18.2 Å². The molecule has 2 nitrogen and oxygen atoms in total. The van der Waals surface area contributed by atoms with Crippen LogP contribution >= 0.6 is 11.6 Å². The molecule has 0 aliphatic heterocycles. The molecule has 0 amide bonds. The lowest BCUT2D eigenvalue weighted by atomic mass is 9.96. The Morgan fingerprint density at radius 2 is 2.07 bits per heavy atom. The second kappa shape index (κ2) is 4.20. The summed E-state index contributed by atoms with van der Waals surface area (Å²) in [5.74, 6) is 0.127. The van der Waals surface area contributed by atoms with Crippen LogP contribution in [0.4, 0.5) is 0 Å². The highest BCUT2D eigenvalue weighted by Crippen LogP contribution is 2.24. The zero-order chi connectivity index (χ0) is 10.8. The predicted molar refractivity (Wildman–Crippen MR) is 59.7 cm³/mol. The molecule has 0 fully saturated rings. The van der Waals surface area contributed by atoms with Gasteiger partial charge in [-0.05, 0) is 44.4 Å². The summed E-state index contributed by atoms with van der Waals surface area (Å²) >= 11 is 5.78. The minimum atomic E-state index is -0.162. The number of hydrogen-bond donors (Lipinski definition) is 2. The Bertz CT molecular complexity index is 318. The molecule has 0 spiro atoms. The number of halogens is 1. The highest BCUT2D eigenvalue weighted by atomic mass is 35.5. The van der Waals surface area contributed by atoms with Crippen LogP contribution in [0.1, 0.15) is 25.8 Å². The van der Waals surface area contributed by atoms with Gasteiger partial charge in [-0.25, -0.2) is 0 Å². The van der Waals surface area contributed by atoms with Crippen molar-refractivity contribution in [2.75, 3.05) is 0 Å². The summed E-state index contributed by atoms with van der Waals surface area (Å²) in [5.41, 5.74) is 6.81. The largest absolute Gasteiger partial charge is 0.506 e. The van der Waals surface area contributed by atoms with Crippen LogP contribution in [0.5, 0.6) is 5.75 Å². The van der Waals surface area contributed by atoms with Gasteiger partial charge in [0.2, 0.25) is 0 Å². The molecule has 1 rings (SSSR count). The average Bonchev–Trinajstić information content (AvgIpc) is 2.06. The Morgan fingerprint density at radius 3 is 2.57 bits per heavy atom. The maximum Gasteiger partial charge on any atom is 0.134 e. The first kappa shape index (κ1) is 11.3. The number of aromatic hydroxyl groups is 1. The number of aryl methyl sites for hydroxylation is 1. The summed E-state index contributed by atoms with van der Waals surface area (Å²) in [6.07, 6.45) is 1.78. The van der Waals surface area contributed by atoms with E-state index in [9.17, 15) is 5.11 Å². The zero-order valence-corrected chi connectivity index (χ0v) is 9.30. The molecule has 0 aromatic heterocycles. The third-order valence-corrected chi connectivity index (χ3v) is 2.37. The van der Waals surface area contributed by atoms with Gasteiger partial charge in [0.1, 0.15) is 5.75 Å². The Balaban J connectivity index is 2.65. The maximum absolute atomic E-state index is 9.22. The number of phenolic OH excluding ortho intramolecular Hbond substituents is 1. The molecule has 0 bridgehead atoms. The highest BCUT2D eigenvalue weighted by molar-refractivity contribution is 6.32. The van der Waals surface area contributed by atoms with Crippen LogP contribution in [-0.2, 0) is 6.42 Å². The lowest BCUT2D eigenvalue weighted by molar-refractivity contribution is 0.471. The van der Waals surface area contributed by atoms with Crippen molar-refractivity contribution < 1.29 is 5.11 Å². The van der Waals surface area contributed by atoms with E-state index in [1.165, 1.54) is 0 Å². The van der Waals surface area contributed by atoms with Crippen molar-refractivity contribution in [3.8, 4) is 5.75 Å². The molecule has 3 heteroatoms. The fraction of sp³-hybridized carbons (Fsp3) is 0.455. The van der Waals surface area contributed by atoms with E-state index in [0.29, 0.717) is 5.02 Å². The highest BCUT2D eigenvalue weighted by Gasteiger charge is 2.10. The van der Waals surface area contributed by atoms with Crippen LogP contribution in [0.25, 0.3) is 0 Å². The fourth-order valence-electron chi connectivity index (χ4n) is 1.17. The van der Waals surface area contributed by atoms with E-state index < -0.39 is 0 Å².